The molecule has 3 N–H and O–H groups in total. The van der Waals surface area contributed by atoms with Gasteiger partial charge in [0.2, 0.25) is 0 Å². The van der Waals surface area contributed by atoms with Crippen LogP contribution in [0.2, 0.25) is 0 Å². The van der Waals surface area contributed by atoms with E-state index in [0.29, 0.717) is 29.6 Å². The van der Waals surface area contributed by atoms with E-state index in [1.54, 1.807) is 0 Å². The molecule has 0 unspecified atom stereocenters. The lowest BCUT2D eigenvalue weighted by atomic mass is 10.1. The fraction of sp³-hybridized carbons (Fsp3) is 0.333. The molecular weight excluding hydrogens is 484 g/mol. The zero-order valence-electron chi connectivity index (χ0n) is 21.5. The number of oxazole rings is 1. The van der Waals surface area contributed by atoms with E-state index in [2.05, 4.69) is 40.7 Å². The molecule has 0 amide bonds. The number of morpholine rings is 1. The third-order valence-electron chi connectivity index (χ3n) is 6.58. The molecule has 6 rings (SSSR count). The Hall–Kier alpha value is -4.22. The fourth-order valence-electron chi connectivity index (χ4n) is 4.68. The smallest absolute Gasteiger partial charge is 0.300 e. The van der Waals surface area contributed by atoms with Crippen molar-refractivity contribution in [3.05, 3.63) is 48.3 Å². The van der Waals surface area contributed by atoms with Crippen LogP contribution >= 0.6 is 0 Å². The summed E-state index contributed by atoms with van der Waals surface area (Å²) in [6, 6.07) is 12.3. The molecule has 11 nitrogen and oxygen atoms in total. The van der Waals surface area contributed by atoms with Gasteiger partial charge in [-0.3, -0.25) is 10.00 Å². The van der Waals surface area contributed by atoms with Crippen LogP contribution in [-0.2, 0) is 4.74 Å². The van der Waals surface area contributed by atoms with Crippen molar-refractivity contribution < 1.29 is 13.9 Å². The summed E-state index contributed by atoms with van der Waals surface area (Å²) in [6.07, 6.45) is 2.45. The van der Waals surface area contributed by atoms with Gasteiger partial charge in [0, 0.05) is 37.9 Å². The topological polar surface area (TPSA) is 126 Å². The number of hydrogen-bond donors (Lipinski definition) is 3. The summed E-state index contributed by atoms with van der Waals surface area (Å²) in [4.78, 5) is 15.6. The predicted octanol–water partition coefficient (Wildman–Crippen LogP) is 4.36. The highest BCUT2D eigenvalue weighted by Crippen LogP contribution is 2.33. The van der Waals surface area contributed by atoms with Gasteiger partial charge in [-0.25, -0.2) is 9.97 Å². The highest BCUT2D eigenvalue weighted by Gasteiger charge is 2.16. The number of fused-ring (bicyclic) bond motifs is 2. The lowest BCUT2D eigenvalue weighted by molar-refractivity contribution is 0.0358. The Morgan fingerprint density at radius 2 is 1.95 bits per heavy atom. The Balaban J connectivity index is 1.16. The number of benzene rings is 2. The molecule has 1 saturated heterocycles. The summed E-state index contributed by atoms with van der Waals surface area (Å²) in [5.41, 5.74) is 5.72. The second-order valence-electron chi connectivity index (χ2n) is 9.26. The van der Waals surface area contributed by atoms with Crippen molar-refractivity contribution in [3.63, 3.8) is 0 Å². The molecule has 2 aromatic carbocycles. The van der Waals surface area contributed by atoms with Gasteiger partial charge in [-0.1, -0.05) is 12.1 Å². The van der Waals surface area contributed by atoms with Gasteiger partial charge in [0.1, 0.15) is 23.4 Å². The molecule has 11 heteroatoms. The van der Waals surface area contributed by atoms with Crippen molar-refractivity contribution in [3.8, 4) is 17.0 Å². The summed E-state index contributed by atoms with van der Waals surface area (Å²) in [6.45, 7) is 7.22. The average molecular weight is 515 g/mol. The second kappa shape index (κ2) is 10.6. The average Bonchev–Trinajstić information content (AvgIpc) is 3.56. The minimum atomic E-state index is 0.410. The normalized spacial score (nSPS) is 14.3. The number of ether oxygens (including phenoxy) is 2. The summed E-state index contributed by atoms with van der Waals surface area (Å²) in [7, 11) is 1.83. The zero-order chi connectivity index (χ0) is 25.9. The van der Waals surface area contributed by atoms with Crippen molar-refractivity contribution in [2.45, 2.75) is 13.3 Å². The van der Waals surface area contributed by atoms with Crippen LogP contribution < -0.4 is 15.4 Å². The van der Waals surface area contributed by atoms with Crippen molar-refractivity contribution in [2.75, 3.05) is 57.1 Å². The number of anilines is 3. The maximum Gasteiger partial charge on any atom is 0.300 e. The number of nitrogens with zero attached hydrogens (tertiary/aromatic N) is 5. The summed E-state index contributed by atoms with van der Waals surface area (Å²) in [5.74, 6) is 1.44. The van der Waals surface area contributed by atoms with E-state index in [1.165, 1.54) is 6.33 Å². The molecule has 0 spiro atoms. The summed E-state index contributed by atoms with van der Waals surface area (Å²) >= 11 is 0. The molecule has 196 valence electrons. The van der Waals surface area contributed by atoms with E-state index < -0.39 is 0 Å². The van der Waals surface area contributed by atoms with Gasteiger partial charge in [-0.2, -0.15) is 10.1 Å². The van der Waals surface area contributed by atoms with Crippen LogP contribution in [0.5, 0.6) is 5.75 Å². The van der Waals surface area contributed by atoms with Gasteiger partial charge in [0.15, 0.2) is 17.0 Å². The Morgan fingerprint density at radius 1 is 1.11 bits per heavy atom. The van der Waals surface area contributed by atoms with Gasteiger partial charge in [0.25, 0.3) is 6.01 Å². The summed E-state index contributed by atoms with van der Waals surface area (Å²) < 4.78 is 17.6. The first kappa shape index (κ1) is 24.1. The van der Waals surface area contributed by atoms with Gasteiger partial charge >= 0.3 is 0 Å². The molecule has 0 saturated carbocycles. The van der Waals surface area contributed by atoms with E-state index in [0.717, 1.165) is 78.5 Å². The van der Waals surface area contributed by atoms with E-state index in [4.69, 9.17) is 13.9 Å². The minimum Gasteiger partial charge on any atom is -0.490 e. The van der Waals surface area contributed by atoms with Crippen molar-refractivity contribution >= 4 is 39.7 Å². The number of nitrogens with one attached hydrogen (secondary N) is 3. The quantitative estimate of drug-likeness (QED) is 0.244. The van der Waals surface area contributed by atoms with Crippen molar-refractivity contribution in [1.29, 1.82) is 0 Å². The lowest BCUT2D eigenvalue weighted by Crippen LogP contribution is -2.37. The Bertz CT molecular complexity index is 1540. The molecule has 0 bridgehead atoms. The molecular formula is C27H30N8O3. The monoisotopic (exact) mass is 514 g/mol. The molecule has 0 aliphatic carbocycles. The van der Waals surface area contributed by atoms with Crippen LogP contribution in [-0.4, -0.2) is 76.6 Å². The third-order valence-corrected chi connectivity index (χ3v) is 6.58. The van der Waals surface area contributed by atoms with Crippen molar-refractivity contribution in [1.82, 2.24) is 30.0 Å². The minimum absolute atomic E-state index is 0.410. The molecule has 3 aromatic heterocycles. The second-order valence-corrected chi connectivity index (χ2v) is 9.26. The van der Waals surface area contributed by atoms with E-state index in [9.17, 15) is 0 Å². The molecule has 0 radical (unpaired) electrons. The SMILES string of the molecule is CNc1ncnc2[nH]nc(-c3ccc(Nc4nc5cc(C)cc(OCCCN6CCOCC6)c5o4)cc3)c12. The first-order valence-corrected chi connectivity index (χ1v) is 12.8. The number of aromatic amines is 1. The zero-order valence-corrected chi connectivity index (χ0v) is 21.5. The van der Waals surface area contributed by atoms with Crippen molar-refractivity contribution in [2.24, 2.45) is 0 Å². The molecule has 5 aromatic rings. The fourth-order valence-corrected chi connectivity index (χ4v) is 4.68. The highest BCUT2D eigenvalue weighted by atomic mass is 16.5. The first-order chi connectivity index (χ1) is 18.7. The molecule has 1 aliphatic heterocycles. The van der Waals surface area contributed by atoms with Gasteiger partial charge in [0.05, 0.1) is 25.2 Å². The van der Waals surface area contributed by atoms with Gasteiger partial charge < -0.3 is 24.5 Å². The number of aryl methyl sites for hydroxylation is 1. The predicted molar refractivity (Wildman–Crippen MR) is 146 cm³/mol. The Morgan fingerprint density at radius 3 is 2.76 bits per heavy atom. The van der Waals surface area contributed by atoms with Gasteiger partial charge in [-0.05, 0) is 43.2 Å². The lowest BCUT2D eigenvalue weighted by Gasteiger charge is -2.26. The van der Waals surface area contributed by atoms with E-state index >= 15 is 0 Å². The van der Waals surface area contributed by atoms with Crippen LogP contribution in [0.4, 0.5) is 17.5 Å². The molecule has 1 fully saturated rings. The van der Waals surface area contributed by atoms with Gasteiger partial charge in [-0.15, -0.1) is 0 Å². The van der Waals surface area contributed by atoms with Crippen LogP contribution in [0.25, 0.3) is 33.4 Å². The van der Waals surface area contributed by atoms with Crippen LogP contribution in [0.15, 0.2) is 47.1 Å². The number of H-pyrrole nitrogens is 1. The molecule has 0 atom stereocenters. The summed E-state index contributed by atoms with van der Waals surface area (Å²) in [5, 5.41) is 14.6. The maximum absolute atomic E-state index is 6.12. The van der Waals surface area contributed by atoms with Crippen LogP contribution in [0.3, 0.4) is 0 Å². The van der Waals surface area contributed by atoms with Crippen LogP contribution in [0.1, 0.15) is 12.0 Å². The molecule has 4 heterocycles. The maximum atomic E-state index is 6.12. The highest BCUT2D eigenvalue weighted by molar-refractivity contribution is 5.98. The Kier molecular flexibility index (Phi) is 6.76. The number of hydrogen-bond acceptors (Lipinski definition) is 10. The first-order valence-electron chi connectivity index (χ1n) is 12.8. The number of aromatic nitrogens is 5. The van der Waals surface area contributed by atoms with E-state index in [-0.39, 0.29) is 0 Å². The standard InChI is InChI=1S/C27H30N8O3/c1-17-14-20-24(21(15-17)37-11-3-8-35-9-12-36-13-10-35)38-27(32-20)31-19-6-4-18(5-7-19)23-22-25(28-2)29-16-30-26(22)34-33-23/h4-7,14-16H,3,8-13H2,1-2H3,(H,31,32)(H2,28,29,30,33,34). The third kappa shape index (κ3) is 4.98. The number of rotatable bonds is 9. The Labute approximate surface area is 219 Å². The molecule has 38 heavy (non-hydrogen) atoms. The van der Waals surface area contributed by atoms with Crippen LogP contribution in [0, 0.1) is 6.92 Å². The van der Waals surface area contributed by atoms with E-state index in [1.807, 2.05) is 50.4 Å². The largest absolute Gasteiger partial charge is 0.490 e. The molecule has 1 aliphatic rings.